The highest BCUT2D eigenvalue weighted by Gasteiger charge is 2.27. The van der Waals surface area contributed by atoms with Gasteiger partial charge in [0.1, 0.15) is 12.4 Å². The first-order valence-corrected chi connectivity index (χ1v) is 9.48. The number of sulfone groups is 1. The van der Waals surface area contributed by atoms with Gasteiger partial charge < -0.3 is 10.1 Å². The summed E-state index contributed by atoms with van der Waals surface area (Å²) in [6, 6.07) is 11.7. The number of hydrogen-bond acceptors (Lipinski definition) is 5. The van der Waals surface area contributed by atoms with E-state index in [2.05, 4.69) is 10.3 Å². The number of para-hydroxylation sites is 1. The Hall–Kier alpha value is -1.92. The van der Waals surface area contributed by atoms with E-state index in [9.17, 15) is 8.42 Å². The van der Waals surface area contributed by atoms with Crippen molar-refractivity contribution >= 4 is 9.84 Å². The van der Waals surface area contributed by atoms with Crippen LogP contribution in [0.4, 0.5) is 0 Å². The number of ether oxygens (including phenoxy) is 1. The number of rotatable bonds is 6. The SMILES string of the molecule is O=S1(=O)CCC(NCc2ccccc2OCc2cccnc2)C1. The summed E-state index contributed by atoms with van der Waals surface area (Å²) in [5, 5.41) is 3.32. The zero-order valence-electron chi connectivity index (χ0n) is 12.8. The molecule has 2 heterocycles. The molecule has 1 aliphatic heterocycles. The first-order chi connectivity index (χ1) is 11.1. The van der Waals surface area contributed by atoms with Crippen LogP contribution in [0.25, 0.3) is 0 Å². The summed E-state index contributed by atoms with van der Waals surface area (Å²) in [5.74, 6) is 1.32. The van der Waals surface area contributed by atoms with Crippen molar-refractivity contribution in [1.29, 1.82) is 0 Å². The molecule has 1 unspecified atom stereocenters. The number of hydrogen-bond donors (Lipinski definition) is 1. The Morgan fingerprint density at radius 2 is 2.09 bits per heavy atom. The second-order valence-electron chi connectivity index (χ2n) is 5.74. The summed E-state index contributed by atoms with van der Waals surface area (Å²) in [7, 11) is -2.86. The quantitative estimate of drug-likeness (QED) is 0.875. The lowest BCUT2D eigenvalue weighted by molar-refractivity contribution is 0.301. The minimum absolute atomic E-state index is 0.0337. The molecule has 0 spiro atoms. The number of aromatic nitrogens is 1. The lowest BCUT2D eigenvalue weighted by atomic mass is 10.1. The third kappa shape index (κ3) is 4.53. The smallest absolute Gasteiger partial charge is 0.151 e. The summed E-state index contributed by atoms with van der Waals surface area (Å²) in [4.78, 5) is 4.07. The zero-order chi connectivity index (χ0) is 16.1. The van der Waals surface area contributed by atoms with Gasteiger partial charge in [-0.1, -0.05) is 24.3 Å². The van der Waals surface area contributed by atoms with Gasteiger partial charge >= 0.3 is 0 Å². The molecule has 2 aromatic rings. The maximum absolute atomic E-state index is 11.5. The van der Waals surface area contributed by atoms with Crippen molar-refractivity contribution in [3.05, 3.63) is 59.9 Å². The minimum Gasteiger partial charge on any atom is -0.489 e. The number of pyridine rings is 1. The Balaban J connectivity index is 1.59. The van der Waals surface area contributed by atoms with E-state index >= 15 is 0 Å². The van der Waals surface area contributed by atoms with E-state index < -0.39 is 9.84 Å². The van der Waals surface area contributed by atoms with E-state index in [0.717, 1.165) is 16.9 Å². The normalized spacial score (nSPS) is 19.6. The molecule has 1 aromatic heterocycles. The minimum atomic E-state index is -2.86. The van der Waals surface area contributed by atoms with Crippen molar-refractivity contribution in [2.45, 2.75) is 25.6 Å². The van der Waals surface area contributed by atoms with Crippen LogP contribution in [0.1, 0.15) is 17.5 Å². The summed E-state index contributed by atoms with van der Waals surface area (Å²) in [6.07, 6.45) is 4.20. The molecule has 122 valence electrons. The summed E-state index contributed by atoms with van der Waals surface area (Å²) >= 11 is 0. The van der Waals surface area contributed by atoms with Crippen LogP contribution in [0.5, 0.6) is 5.75 Å². The van der Waals surface area contributed by atoms with Gasteiger partial charge in [0.15, 0.2) is 9.84 Å². The van der Waals surface area contributed by atoms with Crippen LogP contribution in [0.15, 0.2) is 48.8 Å². The molecule has 0 amide bonds. The highest BCUT2D eigenvalue weighted by atomic mass is 32.2. The molecular weight excluding hydrogens is 312 g/mol. The first-order valence-electron chi connectivity index (χ1n) is 7.66. The monoisotopic (exact) mass is 332 g/mol. The van der Waals surface area contributed by atoms with Crippen LogP contribution in [-0.2, 0) is 23.0 Å². The molecule has 1 saturated heterocycles. The molecule has 0 aliphatic carbocycles. The maximum atomic E-state index is 11.5. The zero-order valence-corrected chi connectivity index (χ0v) is 13.6. The van der Waals surface area contributed by atoms with E-state index in [0.29, 0.717) is 19.6 Å². The van der Waals surface area contributed by atoms with Crippen LogP contribution in [0.2, 0.25) is 0 Å². The molecule has 6 heteroatoms. The van der Waals surface area contributed by atoms with Crippen LogP contribution in [-0.4, -0.2) is 30.9 Å². The van der Waals surface area contributed by atoms with Crippen molar-refractivity contribution in [2.75, 3.05) is 11.5 Å². The summed E-state index contributed by atoms with van der Waals surface area (Å²) in [6.45, 7) is 1.06. The van der Waals surface area contributed by atoms with Gasteiger partial charge in [-0.15, -0.1) is 0 Å². The number of nitrogens with zero attached hydrogens (tertiary/aromatic N) is 1. The predicted molar refractivity (Wildman–Crippen MR) is 88.9 cm³/mol. The highest BCUT2D eigenvalue weighted by molar-refractivity contribution is 7.91. The molecule has 1 fully saturated rings. The van der Waals surface area contributed by atoms with Gasteiger partial charge in [0.05, 0.1) is 11.5 Å². The molecule has 0 radical (unpaired) electrons. The molecule has 0 bridgehead atoms. The topological polar surface area (TPSA) is 68.3 Å². The van der Waals surface area contributed by atoms with Gasteiger partial charge in [-0.3, -0.25) is 4.98 Å². The van der Waals surface area contributed by atoms with Crippen LogP contribution in [0, 0.1) is 0 Å². The fraction of sp³-hybridized carbons (Fsp3) is 0.353. The van der Waals surface area contributed by atoms with Crippen LogP contribution >= 0.6 is 0 Å². The Morgan fingerprint density at radius 3 is 2.83 bits per heavy atom. The predicted octanol–water partition coefficient (Wildman–Crippen LogP) is 1.94. The van der Waals surface area contributed by atoms with Crippen molar-refractivity contribution in [2.24, 2.45) is 0 Å². The molecule has 1 N–H and O–H groups in total. The van der Waals surface area contributed by atoms with E-state index in [1.54, 1.807) is 12.4 Å². The lowest BCUT2D eigenvalue weighted by Gasteiger charge is -2.14. The van der Waals surface area contributed by atoms with Gasteiger partial charge in [-0.05, 0) is 18.6 Å². The van der Waals surface area contributed by atoms with E-state index in [4.69, 9.17) is 4.74 Å². The Labute approximate surface area is 136 Å². The van der Waals surface area contributed by atoms with Gasteiger partial charge in [-0.25, -0.2) is 8.42 Å². The Kier molecular flexibility index (Phi) is 4.93. The lowest BCUT2D eigenvalue weighted by Crippen LogP contribution is -2.29. The van der Waals surface area contributed by atoms with Crippen molar-refractivity contribution < 1.29 is 13.2 Å². The van der Waals surface area contributed by atoms with Gasteiger partial charge in [-0.2, -0.15) is 0 Å². The molecule has 3 rings (SSSR count). The first kappa shape index (κ1) is 16.0. The molecule has 23 heavy (non-hydrogen) atoms. The van der Waals surface area contributed by atoms with E-state index in [1.807, 2.05) is 36.4 Å². The fourth-order valence-corrected chi connectivity index (χ4v) is 4.35. The molecule has 5 nitrogen and oxygen atoms in total. The largest absolute Gasteiger partial charge is 0.489 e. The van der Waals surface area contributed by atoms with Crippen molar-refractivity contribution in [3.8, 4) is 5.75 Å². The van der Waals surface area contributed by atoms with E-state index in [1.165, 1.54) is 0 Å². The van der Waals surface area contributed by atoms with Gasteiger partial charge in [0.25, 0.3) is 0 Å². The van der Waals surface area contributed by atoms with Crippen molar-refractivity contribution in [1.82, 2.24) is 10.3 Å². The second-order valence-corrected chi connectivity index (χ2v) is 7.97. The fourth-order valence-electron chi connectivity index (χ4n) is 2.65. The van der Waals surface area contributed by atoms with Crippen LogP contribution in [0.3, 0.4) is 0 Å². The number of nitrogens with one attached hydrogen (secondary N) is 1. The van der Waals surface area contributed by atoms with Crippen molar-refractivity contribution in [3.63, 3.8) is 0 Å². The van der Waals surface area contributed by atoms with Gasteiger partial charge in [0.2, 0.25) is 0 Å². The molecule has 1 atom stereocenters. The summed E-state index contributed by atoms with van der Waals surface area (Å²) in [5.41, 5.74) is 2.04. The average molecular weight is 332 g/mol. The average Bonchev–Trinajstić information content (AvgIpc) is 2.92. The molecular formula is C17H20N2O3S. The van der Waals surface area contributed by atoms with Crippen LogP contribution < -0.4 is 10.1 Å². The maximum Gasteiger partial charge on any atom is 0.151 e. The van der Waals surface area contributed by atoms with Gasteiger partial charge in [0, 0.05) is 36.1 Å². The Morgan fingerprint density at radius 1 is 1.22 bits per heavy atom. The number of benzene rings is 1. The summed E-state index contributed by atoms with van der Waals surface area (Å²) < 4.78 is 28.9. The molecule has 1 aliphatic rings. The third-order valence-electron chi connectivity index (χ3n) is 3.90. The highest BCUT2D eigenvalue weighted by Crippen LogP contribution is 2.20. The standard InChI is InChI=1S/C17H20N2O3S/c20-23(21)9-7-16(13-23)19-11-15-5-1-2-6-17(15)22-12-14-4-3-8-18-10-14/h1-6,8,10,16,19H,7,9,11-13H2. The molecule has 1 aromatic carbocycles. The van der Waals surface area contributed by atoms with E-state index in [-0.39, 0.29) is 17.5 Å². The molecule has 0 saturated carbocycles. The Bertz CT molecular complexity index is 747. The second kappa shape index (κ2) is 7.10. The third-order valence-corrected chi connectivity index (χ3v) is 5.67.